The molecule has 0 spiro atoms. The average molecular weight is 326 g/mol. The van der Waals surface area contributed by atoms with Crippen molar-refractivity contribution in [3.05, 3.63) is 57.3 Å². The van der Waals surface area contributed by atoms with Crippen molar-refractivity contribution in [1.82, 2.24) is 14.7 Å². The summed E-state index contributed by atoms with van der Waals surface area (Å²) in [5.41, 5.74) is 1.07. The molecule has 0 saturated carbocycles. The van der Waals surface area contributed by atoms with Crippen molar-refractivity contribution >= 4 is 45.4 Å². The zero-order valence-electron chi connectivity index (χ0n) is 10.1. The molecule has 3 aromatic rings. The lowest BCUT2D eigenvalue weighted by molar-refractivity contribution is 0.0946. The molecule has 0 radical (unpaired) electrons. The van der Waals surface area contributed by atoms with Gasteiger partial charge >= 0.3 is 0 Å². The minimum absolute atomic E-state index is 0.253. The quantitative estimate of drug-likeness (QED) is 0.799. The number of hydrogen-bond donors (Lipinski definition) is 1. The van der Waals surface area contributed by atoms with Crippen LogP contribution in [-0.4, -0.2) is 15.3 Å². The largest absolute Gasteiger partial charge is 0.346 e. The standard InChI is InChI=1S/C13H9Cl2N3OS/c14-9-2-1-3-10(15)8(9)6-16-12(19)11-7-18-4-5-20-13(18)17-11/h1-5,7H,6H2,(H,16,19). The van der Waals surface area contributed by atoms with E-state index in [2.05, 4.69) is 10.3 Å². The maximum absolute atomic E-state index is 12.0. The highest BCUT2D eigenvalue weighted by molar-refractivity contribution is 7.15. The topological polar surface area (TPSA) is 46.4 Å². The lowest BCUT2D eigenvalue weighted by Crippen LogP contribution is -2.23. The number of amides is 1. The number of nitrogens with one attached hydrogen (secondary N) is 1. The van der Waals surface area contributed by atoms with Gasteiger partial charge in [-0.1, -0.05) is 29.3 Å². The lowest BCUT2D eigenvalue weighted by Gasteiger charge is -2.07. The molecule has 0 aliphatic rings. The molecule has 20 heavy (non-hydrogen) atoms. The van der Waals surface area contributed by atoms with Crippen LogP contribution < -0.4 is 5.32 Å². The Kier molecular flexibility index (Phi) is 3.65. The minimum Gasteiger partial charge on any atom is -0.346 e. The number of rotatable bonds is 3. The molecule has 1 aromatic carbocycles. The van der Waals surface area contributed by atoms with Crippen molar-refractivity contribution in [2.45, 2.75) is 6.54 Å². The van der Waals surface area contributed by atoms with Gasteiger partial charge in [0.15, 0.2) is 4.96 Å². The molecule has 2 aromatic heterocycles. The van der Waals surface area contributed by atoms with Crippen LogP contribution in [0.25, 0.3) is 4.96 Å². The first kappa shape index (κ1) is 13.4. The first-order valence-electron chi connectivity index (χ1n) is 5.78. The number of aromatic nitrogens is 2. The predicted molar refractivity (Wildman–Crippen MR) is 80.7 cm³/mol. The molecule has 0 bridgehead atoms. The zero-order chi connectivity index (χ0) is 14.1. The number of fused-ring (bicyclic) bond motifs is 1. The summed E-state index contributed by atoms with van der Waals surface area (Å²) >= 11 is 13.6. The van der Waals surface area contributed by atoms with Gasteiger partial charge in [-0.2, -0.15) is 0 Å². The maximum Gasteiger partial charge on any atom is 0.271 e. The SMILES string of the molecule is O=C(NCc1c(Cl)cccc1Cl)c1cn2ccsc2n1. The number of benzene rings is 1. The monoisotopic (exact) mass is 325 g/mol. The Hall–Kier alpha value is -1.56. The molecular weight excluding hydrogens is 317 g/mol. The third-order valence-electron chi connectivity index (χ3n) is 2.81. The van der Waals surface area contributed by atoms with Crippen LogP contribution in [0.3, 0.4) is 0 Å². The number of thiazole rings is 1. The van der Waals surface area contributed by atoms with E-state index in [9.17, 15) is 4.79 Å². The summed E-state index contributed by atoms with van der Waals surface area (Å²) < 4.78 is 1.81. The molecule has 0 atom stereocenters. The van der Waals surface area contributed by atoms with Crippen molar-refractivity contribution in [1.29, 1.82) is 0 Å². The second-order valence-electron chi connectivity index (χ2n) is 4.10. The molecule has 0 aliphatic heterocycles. The summed E-state index contributed by atoms with van der Waals surface area (Å²) in [5.74, 6) is -0.253. The molecule has 0 aliphatic carbocycles. The first-order chi connectivity index (χ1) is 9.65. The normalized spacial score (nSPS) is 10.9. The number of imidazole rings is 1. The van der Waals surface area contributed by atoms with E-state index in [0.717, 1.165) is 4.96 Å². The Morgan fingerprint density at radius 3 is 2.80 bits per heavy atom. The molecule has 4 nitrogen and oxygen atoms in total. The van der Waals surface area contributed by atoms with Gasteiger partial charge in [-0.05, 0) is 12.1 Å². The second-order valence-corrected chi connectivity index (χ2v) is 5.79. The number of carbonyl (C=O) groups is 1. The molecule has 2 heterocycles. The number of halogens is 2. The van der Waals surface area contributed by atoms with Crippen LogP contribution in [0, 0.1) is 0 Å². The Balaban J connectivity index is 1.75. The smallest absolute Gasteiger partial charge is 0.271 e. The van der Waals surface area contributed by atoms with Crippen molar-refractivity contribution in [3.8, 4) is 0 Å². The van der Waals surface area contributed by atoms with E-state index < -0.39 is 0 Å². The highest BCUT2D eigenvalue weighted by Crippen LogP contribution is 2.24. The van der Waals surface area contributed by atoms with Gasteiger partial charge in [0.2, 0.25) is 0 Å². The van der Waals surface area contributed by atoms with Crippen LogP contribution in [0.1, 0.15) is 16.1 Å². The Morgan fingerprint density at radius 2 is 2.10 bits per heavy atom. The third-order valence-corrected chi connectivity index (χ3v) is 4.29. The fourth-order valence-electron chi connectivity index (χ4n) is 1.80. The van der Waals surface area contributed by atoms with Gasteiger partial charge in [0.1, 0.15) is 5.69 Å². The number of carbonyl (C=O) groups excluding carboxylic acids is 1. The summed E-state index contributed by atoms with van der Waals surface area (Å²) in [6, 6.07) is 5.24. The van der Waals surface area contributed by atoms with Gasteiger partial charge in [-0.3, -0.25) is 9.20 Å². The fourth-order valence-corrected chi connectivity index (χ4v) is 3.03. The maximum atomic E-state index is 12.0. The summed E-state index contributed by atoms with van der Waals surface area (Å²) in [7, 11) is 0. The van der Waals surface area contributed by atoms with Crippen molar-refractivity contribution in [3.63, 3.8) is 0 Å². The van der Waals surface area contributed by atoms with Crippen LogP contribution >= 0.6 is 34.5 Å². The van der Waals surface area contributed by atoms with E-state index in [1.807, 2.05) is 16.0 Å². The predicted octanol–water partition coefficient (Wildman–Crippen LogP) is 3.63. The molecular formula is C13H9Cl2N3OS. The highest BCUT2D eigenvalue weighted by Gasteiger charge is 2.12. The van der Waals surface area contributed by atoms with E-state index >= 15 is 0 Å². The van der Waals surface area contributed by atoms with Crippen molar-refractivity contribution in [2.24, 2.45) is 0 Å². The fraction of sp³-hybridized carbons (Fsp3) is 0.0769. The van der Waals surface area contributed by atoms with Gasteiger partial charge in [0, 0.05) is 39.9 Å². The molecule has 3 rings (SSSR count). The van der Waals surface area contributed by atoms with Gasteiger partial charge in [0.05, 0.1) is 0 Å². The summed E-state index contributed by atoms with van der Waals surface area (Å²) in [6.07, 6.45) is 3.55. The van der Waals surface area contributed by atoms with Crippen molar-refractivity contribution in [2.75, 3.05) is 0 Å². The van der Waals surface area contributed by atoms with Gasteiger partial charge < -0.3 is 5.32 Å². The Bertz CT molecular complexity index is 732. The average Bonchev–Trinajstić information content (AvgIpc) is 2.98. The number of nitrogens with zero attached hydrogens (tertiary/aromatic N) is 2. The van der Waals surface area contributed by atoms with E-state index in [1.165, 1.54) is 11.3 Å². The van der Waals surface area contributed by atoms with Crippen LogP contribution in [0.15, 0.2) is 36.0 Å². The lowest BCUT2D eigenvalue weighted by atomic mass is 10.2. The Labute approximate surface area is 129 Å². The molecule has 0 fully saturated rings. The van der Waals surface area contributed by atoms with Crippen LogP contribution in [0.5, 0.6) is 0 Å². The summed E-state index contributed by atoms with van der Waals surface area (Å²) in [5, 5.41) is 5.74. The van der Waals surface area contributed by atoms with Gasteiger partial charge in [0.25, 0.3) is 5.91 Å². The van der Waals surface area contributed by atoms with Gasteiger partial charge in [-0.15, -0.1) is 11.3 Å². The first-order valence-corrected chi connectivity index (χ1v) is 7.42. The summed E-state index contributed by atoms with van der Waals surface area (Å²) in [6.45, 7) is 0.266. The number of hydrogen-bond acceptors (Lipinski definition) is 3. The summed E-state index contributed by atoms with van der Waals surface area (Å²) in [4.78, 5) is 17.1. The van der Waals surface area contributed by atoms with Gasteiger partial charge in [-0.25, -0.2) is 4.98 Å². The van der Waals surface area contributed by atoms with Crippen LogP contribution in [0.4, 0.5) is 0 Å². The van der Waals surface area contributed by atoms with Crippen LogP contribution in [-0.2, 0) is 6.54 Å². The van der Waals surface area contributed by atoms with Crippen LogP contribution in [0.2, 0.25) is 10.0 Å². The molecule has 1 N–H and O–H groups in total. The minimum atomic E-state index is -0.253. The molecule has 7 heteroatoms. The second kappa shape index (κ2) is 5.44. The third kappa shape index (κ3) is 2.52. The molecule has 102 valence electrons. The van der Waals surface area contributed by atoms with E-state index in [1.54, 1.807) is 24.4 Å². The molecule has 1 amide bonds. The highest BCUT2D eigenvalue weighted by atomic mass is 35.5. The molecule has 0 saturated heterocycles. The Morgan fingerprint density at radius 1 is 1.35 bits per heavy atom. The van der Waals surface area contributed by atoms with E-state index in [4.69, 9.17) is 23.2 Å². The van der Waals surface area contributed by atoms with Crippen molar-refractivity contribution < 1.29 is 4.79 Å². The molecule has 0 unspecified atom stereocenters. The zero-order valence-corrected chi connectivity index (χ0v) is 12.5. The van der Waals surface area contributed by atoms with E-state index in [0.29, 0.717) is 21.3 Å². The van der Waals surface area contributed by atoms with E-state index in [-0.39, 0.29) is 12.5 Å².